The second kappa shape index (κ2) is 10.2. The molecule has 1 aliphatic heterocycles. The van der Waals surface area contributed by atoms with Gasteiger partial charge in [-0.25, -0.2) is 9.97 Å². The molecule has 1 saturated heterocycles. The molecular weight excluding hydrogens is 499 g/mol. The minimum Gasteiger partial charge on any atom is -0.356 e. The Labute approximate surface area is 192 Å². The van der Waals surface area contributed by atoms with Crippen LogP contribution in [0.25, 0.3) is 5.65 Å². The highest BCUT2D eigenvalue weighted by atomic mass is 127. The van der Waals surface area contributed by atoms with Crippen molar-refractivity contribution in [1.82, 2.24) is 29.0 Å². The predicted octanol–water partition coefficient (Wildman–Crippen LogP) is 2.31. The maximum absolute atomic E-state index is 4.65. The van der Waals surface area contributed by atoms with Crippen LogP contribution in [0.1, 0.15) is 18.4 Å². The number of nitrogens with one attached hydrogen (secondary N) is 1. The van der Waals surface area contributed by atoms with E-state index < -0.39 is 0 Å². The third kappa shape index (κ3) is 5.16. The van der Waals surface area contributed by atoms with E-state index in [2.05, 4.69) is 52.0 Å². The van der Waals surface area contributed by atoms with Crippen molar-refractivity contribution in [2.24, 2.45) is 4.99 Å². The molecule has 0 atom stereocenters. The number of pyridine rings is 1. The van der Waals surface area contributed by atoms with E-state index in [1.807, 2.05) is 31.4 Å². The normalized spacial score (nSPS) is 14.9. The van der Waals surface area contributed by atoms with Gasteiger partial charge in [0.05, 0.1) is 5.69 Å². The molecule has 0 amide bonds. The molecule has 0 unspecified atom stereocenters. The SMILES string of the molecule is CCc1nsc(N2CCN(C(=NC)NCCc3cn4ccccc4n3)CC2)n1.I. The highest BCUT2D eigenvalue weighted by Crippen LogP contribution is 2.19. The van der Waals surface area contributed by atoms with Crippen LogP contribution in [0.3, 0.4) is 0 Å². The lowest BCUT2D eigenvalue weighted by molar-refractivity contribution is 0.372. The number of fused-ring (bicyclic) bond motifs is 1. The number of aromatic nitrogens is 4. The summed E-state index contributed by atoms with van der Waals surface area (Å²) in [6, 6.07) is 6.05. The lowest BCUT2D eigenvalue weighted by Gasteiger charge is -2.36. The molecule has 1 fully saturated rings. The number of imidazole rings is 1. The van der Waals surface area contributed by atoms with Gasteiger partial charge in [0.15, 0.2) is 5.96 Å². The molecule has 1 N–H and O–H groups in total. The van der Waals surface area contributed by atoms with E-state index in [-0.39, 0.29) is 24.0 Å². The summed E-state index contributed by atoms with van der Waals surface area (Å²) in [5, 5.41) is 4.52. The van der Waals surface area contributed by atoms with Crippen molar-refractivity contribution in [3.05, 3.63) is 42.1 Å². The molecule has 0 spiro atoms. The maximum atomic E-state index is 4.65. The van der Waals surface area contributed by atoms with Crippen molar-refractivity contribution in [3.8, 4) is 0 Å². The third-order valence-corrected chi connectivity index (χ3v) is 5.73. The summed E-state index contributed by atoms with van der Waals surface area (Å²) in [5.41, 5.74) is 2.07. The van der Waals surface area contributed by atoms with Crippen molar-refractivity contribution in [2.75, 3.05) is 44.7 Å². The largest absolute Gasteiger partial charge is 0.356 e. The van der Waals surface area contributed by atoms with Gasteiger partial charge in [-0.2, -0.15) is 4.37 Å². The van der Waals surface area contributed by atoms with Gasteiger partial charge < -0.3 is 19.5 Å². The molecule has 8 nitrogen and oxygen atoms in total. The van der Waals surface area contributed by atoms with E-state index in [0.717, 1.165) is 73.8 Å². The van der Waals surface area contributed by atoms with E-state index in [1.165, 1.54) is 11.5 Å². The fourth-order valence-electron chi connectivity index (χ4n) is 3.37. The third-order valence-electron chi connectivity index (χ3n) is 4.91. The number of hydrogen-bond donors (Lipinski definition) is 1. The number of guanidine groups is 1. The number of halogens is 1. The predicted molar refractivity (Wildman–Crippen MR) is 129 cm³/mol. The van der Waals surface area contributed by atoms with E-state index in [4.69, 9.17) is 0 Å². The Kier molecular flexibility index (Phi) is 7.64. The first-order chi connectivity index (χ1) is 13.8. The smallest absolute Gasteiger partial charge is 0.205 e. The summed E-state index contributed by atoms with van der Waals surface area (Å²) in [6.45, 7) is 6.62. The van der Waals surface area contributed by atoms with E-state index >= 15 is 0 Å². The zero-order chi connectivity index (χ0) is 19.3. The summed E-state index contributed by atoms with van der Waals surface area (Å²) in [4.78, 5) is 18.3. The van der Waals surface area contributed by atoms with Crippen LogP contribution in [0, 0.1) is 0 Å². The van der Waals surface area contributed by atoms with Crippen LogP contribution in [0.15, 0.2) is 35.6 Å². The molecule has 1 aliphatic rings. The van der Waals surface area contributed by atoms with Gasteiger partial charge in [0.1, 0.15) is 11.5 Å². The molecule has 3 aromatic heterocycles. The Morgan fingerprint density at radius 3 is 2.72 bits per heavy atom. The molecule has 156 valence electrons. The number of nitrogens with zero attached hydrogens (tertiary/aromatic N) is 7. The quantitative estimate of drug-likeness (QED) is 0.313. The number of anilines is 1. The molecule has 4 rings (SSSR count). The average Bonchev–Trinajstić information content (AvgIpc) is 3.38. The zero-order valence-corrected chi connectivity index (χ0v) is 19.9. The molecule has 29 heavy (non-hydrogen) atoms. The topological polar surface area (TPSA) is 74.0 Å². The van der Waals surface area contributed by atoms with Crippen LogP contribution >= 0.6 is 35.5 Å². The Morgan fingerprint density at radius 1 is 1.21 bits per heavy atom. The Bertz CT molecular complexity index is 911. The first-order valence-corrected chi connectivity index (χ1v) is 10.5. The molecule has 4 heterocycles. The first-order valence-electron chi connectivity index (χ1n) is 9.72. The van der Waals surface area contributed by atoms with E-state index in [0.29, 0.717) is 0 Å². The molecule has 0 bridgehead atoms. The first kappa shape index (κ1) is 21.8. The van der Waals surface area contributed by atoms with Gasteiger partial charge in [-0.15, -0.1) is 24.0 Å². The Morgan fingerprint density at radius 2 is 2.03 bits per heavy atom. The monoisotopic (exact) mass is 526 g/mol. The molecular formula is C19H27IN8S. The summed E-state index contributed by atoms with van der Waals surface area (Å²) in [6.07, 6.45) is 5.87. The van der Waals surface area contributed by atoms with Crippen LogP contribution in [-0.2, 0) is 12.8 Å². The maximum Gasteiger partial charge on any atom is 0.205 e. The highest BCUT2D eigenvalue weighted by molar-refractivity contribution is 14.0. The molecule has 0 aromatic carbocycles. The average molecular weight is 526 g/mol. The second-order valence-electron chi connectivity index (χ2n) is 6.74. The lowest BCUT2D eigenvalue weighted by atomic mass is 10.3. The molecule has 0 aliphatic carbocycles. The van der Waals surface area contributed by atoms with Crippen LogP contribution in [0.2, 0.25) is 0 Å². The van der Waals surface area contributed by atoms with Crippen LogP contribution in [0.5, 0.6) is 0 Å². The summed E-state index contributed by atoms with van der Waals surface area (Å²) >= 11 is 1.50. The van der Waals surface area contributed by atoms with Gasteiger partial charge in [0.25, 0.3) is 0 Å². The molecule has 0 radical (unpaired) electrons. The fraction of sp³-hybridized carbons (Fsp3) is 0.474. The standard InChI is InChI=1S/C19H26N8S.HI/c1-3-16-23-19(28-24-16)26-12-10-25(11-13-26)18(20-2)21-8-7-15-14-27-9-5-4-6-17(27)22-15;/h4-6,9,14H,3,7-8,10-13H2,1-2H3,(H,20,21);1H. The lowest BCUT2D eigenvalue weighted by Crippen LogP contribution is -2.52. The summed E-state index contributed by atoms with van der Waals surface area (Å²) < 4.78 is 6.45. The minimum absolute atomic E-state index is 0. The molecule has 10 heteroatoms. The number of aliphatic imine (C=N–C) groups is 1. The highest BCUT2D eigenvalue weighted by Gasteiger charge is 2.21. The second-order valence-corrected chi connectivity index (χ2v) is 7.47. The van der Waals surface area contributed by atoms with Gasteiger partial charge in [-0.3, -0.25) is 4.99 Å². The summed E-state index contributed by atoms with van der Waals surface area (Å²) in [7, 11) is 1.85. The van der Waals surface area contributed by atoms with Crippen molar-refractivity contribution in [3.63, 3.8) is 0 Å². The van der Waals surface area contributed by atoms with E-state index in [1.54, 1.807) is 0 Å². The van der Waals surface area contributed by atoms with Crippen molar-refractivity contribution < 1.29 is 0 Å². The summed E-state index contributed by atoms with van der Waals surface area (Å²) in [5.74, 6) is 1.89. The van der Waals surface area contributed by atoms with E-state index in [9.17, 15) is 0 Å². The van der Waals surface area contributed by atoms with Gasteiger partial charge >= 0.3 is 0 Å². The zero-order valence-electron chi connectivity index (χ0n) is 16.8. The number of rotatable bonds is 5. The van der Waals surface area contributed by atoms with Crippen LogP contribution in [0.4, 0.5) is 5.13 Å². The van der Waals surface area contributed by atoms with Gasteiger partial charge in [0, 0.05) is 76.5 Å². The number of piperazine rings is 1. The van der Waals surface area contributed by atoms with Gasteiger partial charge in [-0.1, -0.05) is 13.0 Å². The Balaban J connectivity index is 0.00000240. The Hall–Kier alpha value is -1.95. The van der Waals surface area contributed by atoms with Crippen molar-refractivity contribution >= 4 is 52.2 Å². The van der Waals surface area contributed by atoms with Crippen LogP contribution < -0.4 is 10.2 Å². The van der Waals surface area contributed by atoms with Crippen LogP contribution in [-0.4, -0.2) is 69.4 Å². The van der Waals surface area contributed by atoms with Gasteiger partial charge in [0.2, 0.25) is 5.13 Å². The van der Waals surface area contributed by atoms with Crippen molar-refractivity contribution in [1.29, 1.82) is 0 Å². The minimum atomic E-state index is 0. The van der Waals surface area contributed by atoms with Gasteiger partial charge in [-0.05, 0) is 12.1 Å². The molecule has 0 saturated carbocycles. The number of hydrogen-bond acceptors (Lipinski definition) is 6. The fourth-order valence-corrected chi connectivity index (χ4v) is 4.17. The van der Waals surface area contributed by atoms with Crippen molar-refractivity contribution in [2.45, 2.75) is 19.8 Å². The molecule has 3 aromatic rings. The number of aryl methyl sites for hydroxylation is 1.